The van der Waals surface area contributed by atoms with Gasteiger partial charge in [0.2, 0.25) is 5.89 Å². The Morgan fingerprint density at radius 1 is 1.24 bits per heavy atom. The van der Waals surface area contributed by atoms with Crippen LogP contribution in [0.3, 0.4) is 0 Å². The van der Waals surface area contributed by atoms with Crippen LogP contribution in [0.15, 0.2) is 4.52 Å². The second-order valence-corrected chi connectivity index (χ2v) is 6.94. The van der Waals surface area contributed by atoms with Crippen LogP contribution in [-0.4, -0.2) is 42.5 Å². The zero-order chi connectivity index (χ0) is 15.0. The molecule has 0 radical (unpaired) electrons. The summed E-state index contributed by atoms with van der Waals surface area (Å²) in [6.45, 7) is 9.87. The molecule has 0 spiro atoms. The van der Waals surface area contributed by atoms with Crippen LogP contribution in [-0.2, 0) is 4.74 Å². The molecule has 0 amide bonds. The Kier molecular flexibility index (Phi) is 3.92. The number of aromatic nitrogens is 2. The van der Waals surface area contributed by atoms with E-state index in [1.165, 1.54) is 0 Å². The summed E-state index contributed by atoms with van der Waals surface area (Å²) >= 11 is 0. The topological polar surface area (TPSA) is 77.4 Å². The second kappa shape index (κ2) is 5.57. The molecule has 6 heteroatoms. The van der Waals surface area contributed by atoms with E-state index in [0.29, 0.717) is 11.9 Å². The molecule has 6 nitrogen and oxygen atoms in total. The predicted molar refractivity (Wildman–Crippen MR) is 80.2 cm³/mol. The average Bonchev–Trinajstić information content (AvgIpc) is 2.95. The first-order chi connectivity index (χ1) is 10.00. The van der Waals surface area contributed by atoms with Gasteiger partial charge in [-0.3, -0.25) is 0 Å². The third-order valence-electron chi connectivity index (χ3n) is 5.53. The van der Waals surface area contributed by atoms with Crippen LogP contribution in [0.4, 0.5) is 5.95 Å². The lowest BCUT2D eigenvalue weighted by molar-refractivity contribution is 0.0806. The maximum absolute atomic E-state index is 6.23. The van der Waals surface area contributed by atoms with Crippen LogP contribution in [0.5, 0.6) is 0 Å². The highest BCUT2D eigenvalue weighted by Gasteiger charge is 2.45. The summed E-state index contributed by atoms with van der Waals surface area (Å²) < 4.78 is 11.0. The van der Waals surface area contributed by atoms with Crippen molar-refractivity contribution in [3.63, 3.8) is 0 Å². The molecule has 1 aliphatic carbocycles. The van der Waals surface area contributed by atoms with Crippen molar-refractivity contribution in [3.8, 4) is 0 Å². The first-order valence-electron chi connectivity index (χ1n) is 7.92. The van der Waals surface area contributed by atoms with Crippen LogP contribution in [0.1, 0.15) is 45.4 Å². The minimum absolute atomic E-state index is 0.0759. The zero-order valence-electron chi connectivity index (χ0n) is 13.2. The molecule has 2 N–H and O–H groups in total. The third kappa shape index (κ3) is 2.66. The molecule has 3 rings (SSSR count). The predicted octanol–water partition coefficient (Wildman–Crippen LogP) is 1.77. The molecular weight excluding hydrogens is 268 g/mol. The fourth-order valence-electron chi connectivity index (χ4n) is 3.55. The van der Waals surface area contributed by atoms with Crippen molar-refractivity contribution in [1.29, 1.82) is 0 Å². The van der Waals surface area contributed by atoms with Gasteiger partial charge in [0.25, 0.3) is 5.95 Å². The van der Waals surface area contributed by atoms with Crippen molar-refractivity contribution in [2.75, 3.05) is 31.2 Å². The molecule has 0 aromatic carbocycles. The number of nitrogens with zero attached hydrogens (tertiary/aromatic N) is 3. The molecule has 2 heterocycles. The first-order valence-corrected chi connectivity index (χ1v) is 7.92. The SMILES string of the molecule is CC1C(N)CCC(c2nc(N3CCOCC3)no2)C1(C)C. The summed E-state index contributed by atoms with van der Waals surface area (Å²) in [7, 11) is 0. The third-order valence-corrected chi connectivity index (χ3v) is 5.53. The number of rotatable bonds is 2. The van der Waals surface area contributed by atoms with Gasteiger partial charge in [0, 0.05) is 25.0 Å². The first kappa shape index (κ1) is 14.8. The fraction of sp³-hybridized carbons (Fsp3) is 0.867. The maximum atomic E-state index is 6.23. The monoisotopic (exact) mass is 294 g/mol. The van der Waals surface area contributed by atoms with Gasteiger partial charge in [-0.25, -0.2) is 0 Å². The standard InChI is InChI=1S/C15H26N4O2/c1-10-12(16)5-4-11(15(10,2)3)13-17-14(18-21-13)19-6-8-20-9-7-19/h10-12H,4-9,16H2,1-3H3. The Bertz CT molecular complexity index is 482. The van der Waals surface area contributed by atoms with E-state index < -0.39 is 0 Å². The number of hydrogen-bond donors (Lipinski definition) is 1. The normalized spacial score (nSPS) is 33.1. The maximum Gasteiger partial charge on any atom is 0.266 e. The Hall–Kier alpha value is -1.14. The molecule has 0 bridgehead atoms. The molecule has 21 heavy (non-hydrogen) atoms. The van der Waals surface area contributed by atoms with Gasteiger partial charge in [-0.05, 0) is 29.3 Å². The minimum atomic E-state index is 0.0759. The lowest BCUT2D eigenvalue weighted by atomic mass is 9.61. The molecule has 1 saturated carbocycles. The molecule has 2 aliphatic rings. The van der Waals surface area contributed by atoms with Gasteiger partial charge < -0.3 is 19.9 Å². The van der Waals surface area contributed by atoms with Gasteiger partial charge in [-0.2, -0.15) is 4.98 Å². The molecule has 1 saturated heterocycles. The van der Waals surface area contributed by atoms with Crippen LogP contribution in [0.25, 0.3) is 0 Å². The summed E-state index contributed by atoms with van der Waals surface area (Å²) in [5.41, 5.74) is 6.30. The van der Waals surface area contributed by atoms with Crippen molar-refractivity contribution < 1.29 is 9.26 Å². The van der Waals surface area contributed by atoms with E-state index in [1.807, 2.05) is 0 Å². The highest BCUT2D eigenvalue weighted by Crippen LogP contribution is 2.49. The van der Waals surface area contributed by atoms with Crippen molar-refractivity contribution in [1.82, 2.24) is 10.1 Å². The Morgan fingerprint density at radius 2 is 1.95 bits per heavy atom. The number of anilines is 1. The molecule has 1 aliphatic heterocycles. The number of hydrogen-bond acceptors (Lipinski definition) is 6. The molecule has 1 aromatic heterocycles. The van der Waals surface area contributed by atoms with Gasteiger partial charge in [-0.1, -0.05) is 20.8 Å². The summed E-state index contributed by atoms with van der Waals surface area (Å²) in [6.07, 6.45) is 2.04. The highest BCUT2D eigenvalue weighted by molar-refractivity contribution is 5.29. The Labute approximate surface area is 126 Å². The van der Waals surface area contributed by atoms with E-state index in [9.17, 15) is 0 Å². The van der Waals surface area contributed by atoms with Gasteiger partial charge in [0.05, 0.1) is 13.2 Å². The molecule has 3 unspecified atom stereocenters. The summed E-state index contributed by atoms with van der Waals surface area (Å²) in [5.74, 6) is 2.19. The lowest BCUT2D eigenvalue weighted by Crippen LogP contribution is -2.45. The van der Waals surface area contributed by atoms with Crippen LogP contribution >= 0.6 is 0 Å². The molecular formula is C15H26N4O2. The van der Waals surface area contributed by atoms with Crippen molar-refractivity contribution >= 4 is 5.95 Å². The van der Waals surface area contributed by atoms with E-state index in [1.54, 1.807) is 0 Å². The molecule has 1 aromatic rings. The lowest BCUT2D eigenvalue weighted by Gasteiger charge is -2.45. The van der Waals surface area contributed by atoms with E-state index in [2.05, 4.69) is 35.8 Å². The Morgan fingerprint density at radius 3 is 2.67 bits per heavy atom. The average molecular weight is 294 g/mol. The Balaban J connectivity index is 1.79. The zero-order valence-corrected chi connectivity index (χ0v) is 13.2. The number of nitrogens with two attached hydrogens (primary N) is 1. The van der Waals surface area contributed by atoms with E-state index in [0.717, 1.165) is 45.0 Å². The summed E-state index contributed by atoms with van der Waals surface area (Å²) in [6, 6.07) is 0.262. The van der Waals surface area contributed by atoms with Gasteiger partial charge in [0.15, 0.2) is 0 Å². The van der Waals surface area contributed by atoms with Crippen molar-refractivity contribution in [2.45, 2.75) is 45.6 Å². The quantitative estimate of drug-likeness (QED) is 0.895. The number of morpholine rings is 1. The highest BCUT2D eigenvalue weighted by atomic mass is 16.5. The number of ether oxygens (including phenoxy) is 1. The van der Waals surface area contributed by atoms with Gasteiger partial charge in [-0.15, -0.1) is 0 Å². The van der Waals surface area contributed by atoms with Crippen molar-refractivity contribution in [3.05, 3.63) is 5.89 Å². The summed E-state index contributed by atoms with van der Waals surface area (Å²) in [4.78, 5) is 6.79. The van der Waals surface area contributed by atoms with Crippen LogP contribution < -0.4 is 10.6 Å². The van der Waals surface area contributed by atoms with Crippen LogP contribution in [0.2, 0.25) is 0 Å². The molecule has 2 fully saturated rings. The van der Waals surface area contributed by atoms with Gasteiger partial charge >= 0.3 is 0 Å². The minimum Gasteiger partial charge on any atom is -0.378 e. The smallest absolute Gasteiger partial charge is 0.266 e. The largest absolute Gasteiger partial charge is 0.378 e. The van der Waals surface area contributed by atoms with E-state index in [4.69, 9.17) is 15.0 Å². The summed E-state index contributed by atoms with van der Waals surface area (Å²) in [5, 5.41) is 4.18. The van der Waals surface area contributed by atoms with E-state index >= 15 is 0 Å². The second-order valence-electron chi connectivity index (χ2n) is 6.94. The van der Waals surface area contributed by atoms with Crippen LogP contribution in [0, 0.1) is 11.3 Å². The fourth-order valence-corrected chi connectivity index (χ4v) is 3.55. The van der Waals surface area contributed by atoms with Crippen molar-refractivity contribution in [2.24, 2.45) is 17.1 Å². The molecule has 3 atom stereocenters. The van der Waals surface area contributed by atoms with E-state index in [-0.39, 0.29) is 17.4 Å². The van der Waals surface area contributed by atoms with Gasteiger partial charge in [0.1, 0.15) is 0 Å². The molecule has 118 valence electrons.